The van der Waals surface area contributed by atoms with E-state index in [-0.39, 0.29) is 16.2 Å². The van der Waals surface area contributed by atoms with Gasteiger partial charge in [-0.15, -0.1) is 0 Å². The fourth-order valence-corrected chi connectivity index (χ4v) is 3.83. The van der Waals surface area contributed by atoms with Gasteiger partial charge in [-0.2, -0.15) is 0 Å². The van der Waals surface area contributed by atoms with E-state index in [0.29, 0.717) is 22.7 Å². The molecule has 10 heteroatoms. The van der Waals surface area contributed by atoms with E-state index in [0.717, 1.165) is 5.69 Å². The van der Waals surface area contributed by atoms with Crippen LogP contribution in [0.25, 0.3) is 5.69 Å². The maximum absolute atomic E-state index is 12.7. The number of aromatic hydroxyl groups is 1. The molecule has 9 nitrogen and oxygen atoms in total. The van der Waals surface area contributed by atoms with Gasteiger partial charge < -0.3 is 19.1 Å². The highest BCUT2D eigenvalue weighted by molar-refractivity contribution is 7.89. The lowest BCUT2D eigenvalue weighted by Crippen LogP contribution is -2.15. The third-order valence-corrected chi connectivity index (χ3v) is 5.84. The van der Waals surface area contributed by atoms with Crippen LogP contribution in [-0.2, 0) is 14.8 Å². The molecule has 0 bridgehead atoms. The number of sulfonamides is 1. The number of carbonyl (C=O) groups excluding carboxylic acids is 2. The van der Waals surface area contributed by atoms with Gasteiger partial charge in [-0.25, -0.2) is 18.4 Å². The van der Waals surface area contributed by atoms with Gasteiger partial charge in [0.2, 0.25) is 15.8 Å². The Morgan fingerprint density at radius 3 is 2.28 bits per heavy atom. The van der Waals surface area contributed by atoms with Crippen molar-refractivity contribution in [3.8, 4) is 17.2 Å². The van der Waals surface area contributed by atoms with Crippen LogP contribution < -0.4 is 9.88 Å². The zero-order valence-corrected chi connectivity index (χ0v) is 18.5. The number of hydrogen-bond donors (Lipinski definition) is 2. The average Bonchev–Trinajstić information content (AvgIpc) is 3.05. The van der Waals surface area contributed by atoms with E-state index in [1.807, 2.05) is 0 Å². The lowest BCUT2D eigenvalue weighted by molar-refractivity contribution is 0.0471. The smallest absolute Gasteiger partial charge is 0.342 e. The number of nitrogens with zero attached hydrogens (tertiary/aromatic N) is 1. The summed E-state index contributed by atoms with van der Waals surface area (Å²) in [6.07, 6.45) is 0. The fraction of sp³-hybridized carbons (Fsp3) is 0.182. The molecule has 0 aliphatic rings. The molecule has 3 N–H and O–H groups in total. The van der Waals surface area contributed by atoms with Gasteiger partial charge in [0.1, 0.15) is 17.1 Å². The van der Waals surface area contributed by atoms with Crippen LogP contribution >= 0.6 is 0 Å². The Hall–Kier alpha value is -3.63. The van der Waals surface area contributed by atoms with E-state index in [9.17, 15) is 23.1 Å². The average molecular weight is 458 g/mol. The van der Waals surface area contributed by atoms with Crippen molar-refractivity contribution in [2.75, 3.05) is 13.7 Å². The molecule has 0 saturated heterocycles. The van der Waals surface area contributed by atoms with E-state index in [2.05, 4.69) is 0 Å². The van der Waals surface area contributed by atoms with Crippen LogP contribution in [0.4, 0.5) is 0 Å². The largest absolute Gasteiger partial charge is 0.507 e. The van der Waals surface area contributed by atoms with Crippen LogP contribution in [0.3, 0.4) is 0 Å². The molecule has 0 radical (unpaired) electrons. The first-order valence-corrected chi connectivity index (χ1v) is 11.0. The van der Waals surface area contributed by atoms with Crippen molar-refractivity contribution in [3.63, 3.8) is 0 Å². The van der Waals surface area contributed by atoms with Crippen molar-refractivity contribution >= 4 is 21.8 Å². The Kier molecular flexibility index (Phi) is 6.37. The van der Waals surface area contributed by atoms with Crippen molar-refractivity contribution in [3.05, 3.63) is 71.0 Å². The normalized spacial score (nSPS) is 11.2. The van der Waals surface area contributed by atoms with Gasteiger partial charge >= 0.3 is 5.97 Å². The first kappa shape index (κ1) is 23.0. The molecule has 0 aliphatic heterocycles. The second-order valence-electron chi connectivity index (χ2n) is 7.04. The van der Waals surface area contributed by atoms with Gasteiger partial charge in [-0.1, -0.05) is 0 Å². The maximum Gasteiger partial charge on any atom is 0.342 e. The molecule has 0 saturated carbocycles. The lowest BCUT2D eigenvalue weighted by Gasteiger charge is -2.11. The van der Waals surface area contributed by atoms with Gasteiger partial charge in [-0.05, 0) is 62.4 Å². The third-order valence-electron chi connectivity index (χ3n) is 4.91. The SMILES string of the molecule is COc1ccc(O)c(C(=O)OCC(=O)c2cc(C)n(-c3ccc(S(N)(=O)=O)cc3)c2C)c1. The number of aromatic nitrogens is 1. The lowest BCUT2D eigenvalue weighted by atomic mass is 10.1. The molecule has 0 spiro atoms. The molecule has 1 aromatic heterocycles. The van der Waals surface area contributed by atoms with Crippen molar-refractivity contribution in [2.45, 2.75) is 18.7 Å². The predicted octanol–water partition coefficient (Wildman–Crippen LogP) is 2.50. The topological polar surface area (TPSA) is 138 Å². The minimum atomic E-state index is -3.81. The second-order valence-corrected chi connectivity index (χ2v) is 8.60. The molecule has 3 rings (SSSR count). The van der Waals surface area contributed by atoms with Crippen LogP contribution in [0, 0.1) is 13.8 Å². The number of rotatable bonds is 7. The van der Waals surface area contributed by atoms with Crippen molar-refractivity contribution in [1.82, 2.24) is 4.57 Å². The molecule has 0 aliphatic carbocycles. The number of aryl methyl sites for hydroxylation is 1. The summed E-state index contributed by atoms with van der Waals surface area (Å²) < 4.78 is 34.8. The minimum absolute atomic E-state index is 0.0206. The number of phenols is 1. The van der Waals surface area contributed by atoms with Crippen LogP contribution in [0.2, 0.25) is 0 Å². The molecule has 3 aromatic rings. The monoisotopic (exact) mass is 458 g/mol. The summed E-state index contributed by atoms with van der Waals surface area (Å²) >= 11 is 0. The van der Waals surface area contributed by atoms with Crippen molar-refractivity contribution in [1.29, 1.82) is 0 Å². The number of ketones is 1. The van der Waals surface area contributed by atoms with Gasteiger partial charge in [0.25, 0.3) is 0 Å². The third kappa shape index (κ3) is 4.66. The van der Waals surface area contributed by atoms with Gasteiger partial charge in [0.05, 0.1) is 12.0 Å². The molecular weight excluding hydrogens is 436 g/mol. The summed E-state index contributed by atoms with van der Waals surface area (Å²) in [6.45, 7) is 2.99. The number of nitrogens with two attached hydrogens (primary N) is 1. The molecule has 168 valence electrons. The number of methoxy groups -OCH3 is 1. The van der Waals surface area contributed by atoms with E-state index >= 15 is 0 Å². The number of primary sulfonamides is 1. The van der Waals surface area contributed by atoms with Crippen LogP contribution in [0.5, 0.6) is 11.5 Å². The fourth-order valence-electron chi connectivity index (χ4n) is 3.32. The van der Waals surface area contributed by atoms with Crippen LogP contribution in [0.1, 0.15) is 32.1 Å². The first-order chi connectivity index (χ1) is 15.0. The number of phenolic OH excluding ortho intramolecular Hbond substituents is 1. The standard InChI is InChI=1S/C22H22N2O7S/c1-13-10-18(14(2)24(13)15-4-7-17(8-5-15)32(23,28)29)21(26)12-31-22(27)19-11-16(30-3)6-9-20(19)25/h4-11,25H,12H2,1-3H3,(H2,23,28,29). The van der Waals surface area contributed by atoms with Crippen LogP contribution in [0.15, 0.2) is 53.4 Å². The zero-order valence-electron chi connectivity index (χ0n) is 17.7. The minimum Gasteiger partial charge on any atom is -0.507 e. The molecular formula is C22H22N2O7S. The Morgan fingerprint density at radius 2 is 1.69 bits per heavy atom. The quantitative estimate of drug-likeness (QED) is 0.410. The molecule has 2 aromatic carbocycles. The number of benzene rings is 2. The Labute approximate surface area is 185 Å². The molecule has 32 heavy (non-hydrogen) atoms. The summed E-state index contributed by atoms with van der Waals surface area (Å²) in [6, 6.07) is 11.7. The van der Waals surface area contributed by atoms with Gasteiger partial charge in [0.15, 0.2) is 6.61 Å². The zero-order chi connectivity index (χ0) is 23.6. The maximum atomic E-state index is 12.7. The van der Waals surface area contributed by atoms with Crippen LogP contribution in [-0.4, -0.2) is 43.6 Å². The van der Waals surface area contributed by atoms with E-state index in [4.69, 9.17) is 14.6 Å². The summed E-state index contributed by atoms with van der Waals surface area (Å²) in [5, 5.41) is 15.0. The Balaban J connectivity index is 1.79. The number of ether oxygens (including phenoxy) is 2. The van der Waals surface area contributed by atoms with Crippen molar-refractivity contribution in [2.24, 2.45) is 5.14 Å². The van der Waals surface area contributed by atoms with E-state index in [1.54, 1.807) is 36.6 Å². The summed E-state index contributed by atoms with van der Waals surface area (Å²) in [7, 11) is -2.39. The Bertz CT molecular complexity index is 1290. The molecule has 0 fully saturated rings. The predicted molar refractivity (Wildman–Crippen MR) is 116 cm³/mol. The molecule has 0 unspecified atom stereocenters. The number of Topliss-reactive ketones (excluding diaryl/α,β-unsaturated/α-hetero) is 1. The highest BCUT2D eigenvalue weighted by atomic mass is 32.2. The Morgan fingerprint density at radius 1 is 1.03 bits per heavy atom. The number of hydrogen-bond acceptors (Lipinski definition) is 7. The highest BCUT2D eigenvalue weighted by Gasteiger charge is 2.20. The van der Waals surface area contributed by atoms with E-state index < -0.39 is 28.4 Å². The van der Waals surface area contributed by atoms with E-state index in [1.165, 1.54) is 37.4 Å². The summed E-state index contributed by atoms with van der Waals surface area (Å²) in [5.74, 6) is -1.22. The van der Waals surface area contributed by atoms with Gasteiger partial charge in [0, 0.05) is 22.6 Å². The summed E-state index contributed by atoms with van der Waals surface area (Å²) in [5.41, 5.74) is 2.20. The first-order valence-electron chi connectivity index (χ1n) is 9.42. The van der Waals surface area contributed by atoms with Gasteiger partial charge in [-0.3, -0.25) is 4.79 Å². The number of carbonyl (C=O) groups is 2. The molecule has 0 amide bonds. The molecule has 0 atom stereocenters. The summed E-state index contributed by atoms with van der Waals surface area (Å²) in [4.78, 5) is 25.0. The van der Waals surface area contributed by atoms with Crippen molar-refractivity contribution < 1.29 is 32.6 Å². The highest BCUT2D eigenvalue weighted by Crippen LogP contribution is 2.25. The molecule has 1 heterocycles. The number of esters is 1. The second kappa shape index (κ2) is 8.85.